The third-order valence-electron chi connectivity index (χ3n) is 4.61. The van der Waals surface area contributed by atoms with Gasteiger partial charge >= 0.3 is 0 Å². The molecule has 0 bridgehead atoms. The lowest BCUT2D eigenvalue weighted by molar-refractivity contribution is 0.0937. The molecule has 1 unspecified atom stereocenters. The summed E-state index contributed by atoms with van der Waals surface area (Å²) in [5.74, 6) is -1.44. The van der Waals surface area contributed by atoms with Crippen molar-refractivity contribution in [1.82, 2.24) is 14.9 Å². The molecule has 0 aliphatic carbocycles. The normalized spacial score (nSPS) is 12.8. The Kier molecular flexibility index (Phi) is 7.29. The zero-order valence-corrected chi connectivity index (χ0v) is 17.3. The Bertz CT molecular complexity index is 928. The first-order valence-electron chi connectivity index (χ1n) is 8.96. The summed E-state index contributed by atoms with van der Waals surface area (Å²) in [4.78, 5) is 14.3. The van der Waals surface area contributed by atoms with E-state index in [1.165, 1.54) is 12.6 Å². The maximum atomic E-state index is 14.1. The molecule has 0 aromatic heterocycles. The first-order chi connectivity index (χ1) is 13.2. The van der Waals surface area contributed by atoms with E-state index >= 15 is 0 Å². The van der Waals surface area contributed by atoms with E-state index in [-0.39, 0.29) is 23.0 Å². The number of amides is 1. The van der Waals surface area contributed by atoms with Crippen LogP contribution in [0.3, 0.4) is 0 Å². The summed E-state index contributed by atoms with van der Waals surface area (Å²) in [6.07, 6.45) is 0.939. The van der Waals surface area contributed by atoms with Gasteiger partial charge in [-0.1, -0.05) is 31.2 Å². The number of benzene rings is 2. The number of likely N-dealkylation sites (N-methyl/N-ethyl adjacent to an activating group) is 1. The standard InChI is InChI=1S/C20H26FN3O3S/c1-5-14-6-8-15(9-7-14)19(24(3)4)13-23-20(25)17-12-16(10-11-18(17)21)28(26,27)22-2/h6-12,19,22H,5,13H2,1-4H3,(H,23,25). The van der Waals surface area contributed by atoms with Crippen LogP contribution in [-0.4, -0.2) is 46.9 Å². The van der Waals surface area contributed by atoms with Crippen molar-refractivity contribution in [2.45, 2.75) is 24.3 Å². The minimum absolute atomic E-state index is 0.109. The van der Waals surface area contributed by atoms with E-state index in [1.54, 1.807) is 0 Å². The van der Waals surface area contributed by atoms with Gasteiger partial charge in [0, 0.05) is 6.54 Å². The number of hydrogen-bond acceptors (Lipinski definition) is 4. The van der Waals surface area contributed by atoms with Crippen LogP contribution in [0.5, 0.6) is 0 Å². The fourth-order valence-electron chi connectivity index (χ4n) is 2.82. The molecule has 1 atom stereocenters. The molecule has 152 valence electrons. The SMILES string of the molecule is CCc1ccc(C(CNC(=O)c2cc(S(=O)(=O)NC)ccc2F)N(C)C)cc1. The number of carbonyl (C=O) groups excluding carboxylic acids is 1. The van der Waals surface area contributed by atoms with Gasteiger partial charge in [-0.05, 0) is 56.9 Å². The molecule has 6 nitrogen and oxygen atoms in total. The van der Waals surface area contributed by atoms with Crippen LogP contribution in [-0.2, 0) is 16.4 Å². The molecule has 0 saturated heterocycles. The van der Waals surface area contributed by atoms with Gasteiger partial charge in [0.15, 0.2) is 0 Å². The smallest absolute Gasteiger partial charge is 0.254 e. The van der Waals surface area contributed by atoms with E-state index in [9.17, 15) is 17.6 Å². The van der Waals surface area contributed by atoms with E-state index < -0.39 is 21.7 Å². The molecule has 0 aliphatic rings. The number of nitrogens with one attached hydrogen (secondary N) is 2. The maximum Gasteiger partial charge on any atom is 0.254 e. The van der Waals surface area contributed by atoms with Gasteiger partial charge < -0.3 is 10.2 Å². The second-order valence-electron chi connectivity index (χ2n) is 6.63. The molecular formula is C20H26FN3O3S. The molecule has 1 amide bonds. The topological polar surface area (TPSA) is 78.5 Å². The molecule has 0 fully saturated rings. The van der Waals surface area contributed by atoms with Crippen LogP contribution >= 0.6 is 0 Å². The van der Waals surface area contributed by atoms with E-state index in [4.69, 9.17) is 0 Å². The van der Waals surface area contributed by atoms with Gasteiger partial charge in [-0.2, -0.15) is 0 Å². The van der Waals surface area contributed by atoms with Crippen molar-refractivity contribution in [3.8, 4) is 0 Å². The van der Waals surface area contributed by atoms with Gasteiger partial charge in [0.2, 0.25) is 10.0 Å². The molecule has 0 heterocycles. The number of sulfonamides is 1. The molecular weight excluding hydrogens is 381 g/mol. The average molecular weight is 408 g/mol. The minimum Gasteiger partial charge on any atom is -0.350 e. The molecule has 0 spiro atoms. The summed E-state index contributed by atoms with van der Waals surface area (Å²) in [5, 5.41) is 2.71. The summed E-state index contributed by atoms with van der Waals surface area (Å²) in [6.45, 7) is 2.33. The molecule has 0 radical (unpaired) electrons. The second-order valence-corrected chi connectivity index (χ2v) is 8.52. The highest BCUT2D eigenvalue weighted by atomic mass is 32.2. The van der Waals surface area contributed by atoms with Crippen LogP contribution in [0.1, 0.15) is 34.5 Å². The van der Waals surface area contributed by atoms with Crippen molar-refractivity contribution in [2.24, 2.45) is 0 Å². The monoisotopic (exact) mass is 407 g/mol. The molecule has 28 heavy (non-hydrogen) atoms. The van der Waals surface area contributed by atoms with Crippen molar-refractivity contribution in [2.75, 3.05) is 27.7 Å². The van der Waals surface area contributed by atoms with Crippen molar-refractivity contribution in [1.29, 1.82) is 0 Å². The van der Waals surface area contributed by atoms with Crippen LogP contribution < -0.4 is 10.0 Å². The van der Waals surface area contributed by atoms with Crippen LogP contribution in [0, 0.1) is 5.82 Å². The molecule has 2 aromatic rings. The summed E-state index contributed by atoms with van der Waals surface area (Å²) in [6, 6.07) is 11.1. The first kappa shape index (κ1) is 22.0. The Labute approximate surface area is 165 Å². The molecule has 0 aliphatic heterocycles. The number of halogens is 1. The van der Waals surface area contributed by atoms with Gasteiger partial charge in [0.05, 0.1) is 16.5 Å². The lowest BCUT2D eigenvalue weighted by Crippen LogP contribution is -2.35. The maximum absolute atomic E-state index is 14.1. The lowest BCUT2D eigenvalue weighted by Gasteiger charge is -2.25. The Morgan fingerprint density at radius 3 is 2.32 bits per heavy atom. The summed E-state index contributed by atoms with van der Waals surface area (Å²) in [5.41, 5.74) is 1.93. The van der Waals surface area contributed by atoms with Crippen LogP contribution in [0.15, 0.2) is 47.4 Å². The predicted octanol–water partition coefficient (Wildman–Crippen LogP) is 2.33. The molecule has 0 saturated carbocycles. The minimum atomic E-state index is -3.77. The van der Waals surface area contributed by atoms with E-state index in [1.807, 2.05) is 43.3 Å². The van der Waals surface area contributed by atoms with Gasteiger partial charge in [-0.15, -0.1) is 0 Å². The van der Waals surface area contributed by atoms with Crippen LogP contribution in [0.4, 0.5) is 4.39 Å². The molecule has 2 aromatic carbocycles. The van der Waals surface area contributed by atoms with E-state index in [0.717, 1.165) is 30.2 Å². The Hall–Kier alpha value is -2.29. The van der Waals surface area contributed by atoms with Crippen LogP contribution in [0.2, 0.25) is 0 Å². The van der Waals surface area contributed by atoms with Gasteiger partial charge in [-0.3, -0.25) is 4.79 Å². The fraction of sp³-hybridized carbons (Fsp3) is 0.350. The predicted molar refractivity (Wildman–Crippen MR) is 107 cm³/mol. The zero-order chi connectivity index (χ0) is 20.9. The Morgan fingerprint density at radius 1 is 1.14 bits per heavy atom. The van der Waals surface area contributed by atoms with Gasteiger partial charge in [0.25, 0.3) is 5.91 Å². The number of aryl methyl sites for hydroxylation is 1. The van der Waals surface area contributed by atoms with Gasteiger partial charge in [0.1, 0.15) is 5.82 Å². The number of nitrogens with zero attached hydrogens (tertiary/aromatic N) is 1. The highest BCUT2D eigenvalue weighted by Gasteiger charge is 2.20. The number of hydrogen-bond donors (Lipinski definition) is 2. The van der Waals surface area contributed by atoms with Crippen molar-refractivity contribution < 1.29 is 17.6 Å². The average Bonchev–Trinajstić information content (AvgIpc) is 2.68. The summed E-state index contributed by atoms with van der Waals surface area (Å²) in [7, 11) is 1.27. The highest BCUT2D eigenvalue weighted by molar-refractivity contribution is 7.89. The lowest BCUT2D eigenvalue weighted by atomic mass is 10.0. The molecule has 8 heteroatoms. The van der Waals surface area contributed by atoms with Crippen molar-refractivity contribution in [3.05, 3.63) is 65.0 Å². The third-order valence-corrected chi connectivity index (χ3v) is 6.03. The zero-order valence-electron chi connectivity index (χ0n) is 16.5. The van der Waals surface area contributed by atoms with E-state index in [2.05, 4.69) is 17.0 Å². The first-order valence-corrected chi connectivity index (χ1v) is 10.4. The Morgan fingerprint density at radius 2 is 1.79 bits per heavy atom. The van der Waals surface area contributed by atoms with Crippen LogP contribution in [0.25, 0.3) is 0 Å². The summed E-state index contributed by atoms with van der Waals surface area (Å²) >= 11 is 0. The van der Waals surface area contributed by atoms with Crippen molar-refractivity contribution >= 4 is 15.9 Å². The number of rotatable bonds is 8. The third kappa shape index (κ3) is 5.15. The van der Waals surface area contributed by atoms with Gasteiger partial charge in [-0.25, -0.2) is 17.5 Å². The number of carbonyl (C=O) groups is 1. The largest absolute Gasteiger partial charge is 0.350 e. The highest BCUT2D eigenvalue weighted by Crippen LogP contribution is 2.19. The Balaban J connectivity index is 2.20. The van der Waals surface area contributed by atoms with Crippen molar-refractivity contribution in [3.63, 3.8) is 0 Å². The molecule has 2 N–H and O–H groups in total. The fourth-order valence-corrected chi connectivity index (χ4v) is 3.58. The quantitative estimate of drug-likeness (QED) is 0.704. The summed E-state index contributed by atoms with van der Waals surface area (Å²) < 4.78 is 40.1. The second kappa shape index (κ2) is 9.27. The molecule has 2 rings (SSSR count). The van der Waals surface area contributed by atoms with E-state index in [0.29, 0.717) is 0 Å².